The lowest BCUT2D eigenvalue weighted by Gasteiger charge is -2.23. The number of hydrogen-bond donors (Lipinski definition) is 1. The minimum Gasteiger partial charge on any atom is -0.298 e. The van der Waals surface area contributed by atoms with E-state index in [4.69, 9.17) is 0 Å². The molecule has 0 aliphatic heterocycles. The highest BCUT2D eigenvalue weighted by atomic mass is 32.2. The summed E-state index contributed by atoms with van der Waals surface area (Å²) in [6.07, 6.45) is 5.56. The van der Waals surface area contributed by atoms with Gasteiger partial charge < -0.3 is 0 Å². The Labute approximate surface area is 145 Å². The Hall–Kier alpha value is -1.77. The van der Waals surface area contributed by atoms with Crippen LogP contribution in [0.4, 0.5) is 5.13 Å². The molecule has 24 heavy (non-hydrogen) atoms. The SMILES string of the molecule is CN(C1CCCC1)S(=O)(=O)c1ccc(C(=O)Nc2nccs2)cc1. The number of aromatic nitrogens is 1. The highest BCUT2D eigenvalue weighted by molar-refractivity contribution is 7.89. The maximum atomic E-state index is 12.7. The topological polar surface area (TPSA) is 79.4 Å². The average molecular weight is 365 g/mol. The van der Waals surface area contributed by atoms with Gasteiger partial charge in [-0.25, -0.2) is 13.4 Å². The van der Waals surface area contributed by atoms with Crippen LogP contribution in [0.5, 0.6) is 0 Å². The van der Waals surface area contributed by atoms with Gasteiger partial charge in [-0.2, -0.15) is 4.31 Å². The van der Waals surface area contributed by atoms with E-state index < -0.39 is 10.0 Å². The van der Waals surface area contributed by atoms with Crippen molar-refractivity contribution in [2.24, 2.45) is 0 Å². The third kappa shape index (κ3) is 3.50. The molecule has 1 aliphatic rings. The summed E-state index contributed by atoms with van der Waals surface area (Å²) in [5, 5.41) is 4.95. The van der Waals surface area contributed by atoms with Crippen molar-refractivity contribution in [1.82, 2.24) is 9.29 Å². The molecule has 8 heteroatoms. The van der Waals surface area contributed by atoms with Crippen LogP contribution in [0.1, 0.15) is 36.0 Å². The van der Waals surface area contributed by atoms with Gasteiger partial charge in [-0.05, 0) is 37.1 Å². The Morgan fingerprint density at radius 1 is 1.25 bits per heavy atom. The van der Waals surface area contributed by atoms with Gasteiger partial charge in [0.2, 0.25) is 10.0 Å². The largest absolute Gasteiger partial charge is 0.298 e. The van der Waals surface area contributed by atoms with E-state index in [9.17, 15) is 13.2 Å². The molecule has 1 aromatic carbocycles. The van der Waals surface area contributed by atoms with Crippen LogP contribution >= 0.6 is 11.3 Å². The van der Waals surface area contributed by atoms with Gasteiger partial charge in [-0.15, -0.1) is 11.3 Å². The molecular formula is C16H19N3O3S2. The van der Waals surface area contributed by atoms with Crippen LogP contribution in [0.2, 0.25) is 0 Å². The second kappa shape index (κ2) is 7.00. The van der Waals surface area contributed by atoms with Gasteiger partial charge in [0.15, 0.2) is 5.13 Å². The number of nitrogens with one attached hydrogen (secondary N) is 1. The molecule has 2 aromatic rings. The molecule has 0 atom stereocenters. The quantitative estimate of drug-likeness (QED) is 0.883. The number of sulfonamides is 1. The maximum Gasteiger partial charge on any atom is 0.257 e. The van der Waals surface area contributed by atoms with E-state index in [-0.39, 0.29) is 16.8 Å². The van der Waals surface area contributed by atoms with Gasteiger partial charge in [0.25, 0.3) is 5.91 Å². The lowest BCUT2D eigenvalue weighted by molar-refractivity contribution is 0.102. The zero-order valence-electron chi connectivity index (χ0n) is 13.3. The first-order chi connectivity index (χ1) is 11.5. The minimum absolute atomic E-state index is 0.0721. The molecule has 6 nitrogen and oxygen atoms in total. The van der Waals surface area contributed by atoms with Gasteiger partial charge in [0, 0.05) is 30.2 Å². The number of benzene rings is 1. The van der Waals surface area contributed by atoms with Crippen molar-refractivity contribution >= 4 is 32.4 Å². The zero-order valence-corrected chi connectivity index (χ0v) is 14.9. The van der Waals surface area contributed by atoms with Crippen molar-refractivity contribution in [2.75, 3.05) is 12.4 Å². The Morgan fingerprint density at radius 3 is 2.50 bits per heavy atom. The van der Waals surface area contributed by atoms with Gasteiger partial charge in [-0.3, -0.25) is 10.1 Å². The fourth-order valence-corrected chi connectivity index (χ4v) is 4.80. The fraction of sp³-hybridized carbons (Fsp3) is 0.375. The van der Waals surface area contributed by atoms with E-state index in [1.165, 1.54) is 39.9 Å². The number of nitrogens with zero attached hydrogens (tertiary/aromatic N) is 2. The Kier molecular flexibility index (Phi) is 4.98. The summed E-state index contributed by atoms with van der Waals surface area (Å²) in [4.78, 5) is 16.3. The van der Waals surface area contributed by atoms with Crippen molar-refractivity contribution in [1.29, 1.82) is 0 Å². The molecule has 1 aliphatic carbocycles. The molecule has 0 unspecified atom stereocenters. The van der Waals surface area contributed by atoms with Crippen molar-refractivity contribution in [3.8, 4) is 0 Å². The summed E-state index contributed by atoms with van der Waals surface area (Å²) in [6, 6.07) is 6.09. The number of amides is 1. The van der Waals surface area contributed by atoms with Gasteiger partial charge in [0.1, 0.15) is 0 Å². The molecule has 1 N–H and O–H groups in total. The Morgan fingerprint density at radius 2 is 1.92 bits per heavy atom. The monoisotopic (exact) mass is 365 g/mol. The highest BCUT2D eigenvalue weighted by Gasteiger charge is 2.30. The van der Waals surface area contributed by atoms with Crippen molar-refractivity contribution in [3.05, 3.63) is 41.4 Å². The molecule has 3 rings (SSSR count). The second-order valence-electron chi connectivity index (χ2n) is 5.78. The number of carbonyl (C=O) groups excluding carboxylic acids is 1. The molecule has 1 aromatic heterocycles. The van der Waals surface area contributed by atoms with E-state index in [0.717, 1.165) is 25.7 Å². The van der Waals surface area contributed by atoms with Crippen LogP contribution in [-0.2, 0) is 10.0 Å². The Balaban J connectivity index is 1.74. The summed E-state index contributed by atoms with van der Waals surface area (Å²) >= 11 is 1.33. The maximum absolute atomic E-state index is 12.7. The molecule has 1 saturated carbocycles. The average Bonchev–Trinajstić information content (AvgIpc) is 3.27. The summed E-state index contributed by atoms with van der Waals surface area (Å²) in [5.74, 6) is -0.307. The number of anilines is 1. The zero-order chi connectivity index (χ0) is 17.2. The molecule has 1 amide bonds. The third-order valence-corrected chi connectivity index (χ3v) is 6.90. The normalized spacial score (nSPS) is 15.8. The van der Waals surface area contributed by atoms with Crippen molar-refractivity contribution < 1.29 is 13.2 Å². The molecular weight excluding hydrogens is 346 g/mol. The molecule has 1 heterocycles. The molecule has 0 spiro atoms. The minimum atomic E-state index is -3.52. The van der Waals surface area contributed by atoms with Crippen LogP contribution in [0.25, 0.3) is 0 Å². The standard InChI is InChI=1S/C16H19N3O3S2/c1-19(13-4-2-3-5-13)24(21,22)14-8-6-12(7-9-14)15(20)18-16-17-10-11-23-16/h6-11,13H,2-5H2,1H3,(H,17,18,20). The van der Waals surface area contributed by atoms with Gasteiger partial charge in [-0.1, -0.05) is 12.8 Å². The second-order valence-corrected chi connectivity index (χ2v) is 8.67. The van der Waals surface area contributed by atoms with Crippen molar-refractivity contribution in [3.63, 3.8) is 0 Å². The predicted molar refractivity (Wildman–Crippen MR) is 93.7 cm³/mol. The van der Waals surface area contributed by atoms with E-state index >= 15 is 0 Å². The number of thiazole rings is 1. The highest BCUT2D eigenvalue weighted by Crippen LogP contribution is 2.27. The van der Waals surface area contributed by atoms with E-state index in [0.29, 0.717) is 10.7 Å². The predicted octanol–water partition coefficient (Wildman–Crippen LogP) is 2.96. The fourth-order valence-electron chi connectivity index (χ4n) is 2.86. The summed E-state index contributed by atoms with van der Waals surface area (Å²) in [6.45, 7) is 0. The van der Waals surface area contributed by atoms with E-state index in [2.05, 4.69) is 10.3 Å². The number of rotatable bonds is 5. The molecule has 128 valence electrons. The first kappa shape index (κ1) is 17.1. The first-order valence-electron chi connectivity index (χ1n) is 7.77. The smallest absolute Gasteiger partial charge is 0.257 e. The van der Waals surface area contributed by atoms with Gasteiger partial charge in [0.05, 0.1) is 4.90 Å². The van der Waals surface area contributed by atoms with E-state index in [1.807, 2.05) is 0 Å². The van der Waals surface area contributed by atoms with Crippen LogP contribution in [0.15, 0.2) is 40.7 Å². The molecule has 0 bridgehead atoms. The summed E-state index contributed by atoms with van der Waals surface area (Å²) < 4.78 is 26.8. The van der Waals surface area contributed by atoms with Crippen LogP contribution in [-0.4, -0.2) is 36.7 Å². The summed E-state index contributed by atoms with van der Waals surface area (Å²) in [5.41, 5.74) is 0.396. The number of carbonyl (C=O) groups is 1. The molecule has 1 fully saturated rings. The molecule has 0 radical (unpaired) electrons. The van der Waals surface area contributed by atoms with Crippen LogP contribution < -0.4 is 5.32 Å². The van der Waals surface area contributed by atoms with Crippen LogP contribution in [0, 0.1) is 0 Å². The van der Waals surface area contributed by atoms with Crippen molar-refractivity contribution in [2.45, 2.75) is 36.6 Å². The summed E-state index contributed by atoms with van der Waals surface area (Å²) in [7, 11) is -1.89. The van der Waals surface area contributed by atoms with Crippen LogP contribution in [0.3, 0.4) is 0 Å². The molecule has 0 saturated heterocycles. The number of hydrogen-bond acceptors (Lipinski definition) is 5. The lowest BCUT2D eigenvalue weighted by Crippen LogP contribution is -2.35. The Bertz CT molecular complexity index is 796. The first-order valence-corrected chi connectivity index (χ1v) is 10.1. The lowest BCUT2D eigenvalue weighted by atomic mass is 10.2. The third-order valence-electron chi connectivity index (χ3n) is 4.29. The van der Waals surface area contributed by atoms with E-state index in [1.54, 1.807) is 18.6 Å². The van der Waals surface area contributed by atoms with Gasteiger partial charge >= 0.3 is 0 Å².